The van der Waals surface area contributed by atoms with Crippen LogP contribution in [-0.4, -0.2) is 0 Å². The number of benzene rings is 8. The van der Waals surface area contributed by atoms with E-state index in [1.807, 2.05) is 60.7 Å². The first-order valence-corrected chi connectivity index (χ1v) is 14.6. The van der Waals surface area contributed by atoms with Gasteiger partial charge >= 0.3 is 0 Å². The third-order valence-corrected chi connectivity index (χ3v) is 8.24. The van der Waals surface area contributed by atoms with Gasteiger partial charge in [0.2, 0.25) is 0 Å². The Bertz CT molecular complexity index is 3030. The predicted molar refractivity (Wildman–Crippen MR) is 190 cm³/mol. The third kappa shape index (κ3) is 4.17. The Morgan fingerprint density at radius 3 is 1.56 bits per heavy atom. The second-order valence-electron chi connectivity index (χ2n) is 10.8. The Kier molecular flexibility index (Phi) is 4.01. The topological polar surface area (TPSA) is 13.1 Å². The lowest BCUT2D eigenvalue weighted by molar-refractivity contribution is 0.670. The van der Waals surface area contributed by atoms with Crippen molar-refractivity contribution in [3.63, 3.8) is 0 Å². The summed E-state index contributed by atoms with van der Waals surface area (Å²) in [5.41, 5.74) is 2.90. The molecule has 0 aliphatic carbocycles. The molecule has 0 aliphatic rings. The summed E-state index contributed by atoms with van der Waals surface area (Å²) in [6.45, 7) is 0. The van der Waals surface area contributed by atoms with Crippen molar-refractivity contribution in [3.05, 3.63) is 170 Å². The van der Waals surface area contributed by atoms with Crippen LogP contribution in [0.2, 0.25) is 0 Å². The van der Waals surface area contributed by atoms with Crippen LogP contribution in [0.3, 0.4) is 0 Å². The average Bonchev–Trinajstić information content (AvgIpc) is 3.61. The van der Waals surface area contributed by atoms with Crippen molar-refractivity contribution in [2.75, 3.05) is 0 Å². The molecule has 0 saturated carbocycles. The van der Waals surface area contributed by atoms with Crippen LogP contribution in [0, 0.1) is 0 Å². The molecule has 9 aromatic rings. The molecule has 1 heterocycles. The number of fused-ring (bicyclic) bond motifs is 5. The van der Waals surface area contributed by atoms with Crippen LogP contribution in [0.5, 0.6) is 0 Å². The molecule has 0 aliphatic heterocycles. The second kappa shape index (κ2) is 10.4. The van der Waals surface area contributed by atoms with E-state index in [-0.39, 0.29) is 105 Å². The maximum Gasteiger partial charge on any atom is 0.143 e. The molecule has 1 nitrogen and oxygen atoms in total. The van der Waals surface area contributed by atoms with Gasteiger partial charge in [-0.25, -0.2) is 0 Å². The largest absolute Gasteiger partial charge is 0.455 e. The summed E-state index contributed by atoms with van der Waals surface area (Å²) >= 11 is 0. The van der Waals surface area contributed by atoms with Gasteiger partial charge in [0.25, 0.3) is 0 Å². The van der Waals surface area contributed by atoms with Gasteiger partial charge in [-0.3, -0.25) is 0 Å². The smallest absolute Gasteiger partial charge is 0.143 e. The molecule has 8 aromatic carbocycles. The van der Waals surface area contributed by atoms with E-state index in [0.717, 1.165) is 0 Å². The van der Waals surface area contributed by atoms with E-state index in [2.05, 4.69) is 0 Å². The van der Waals surface area contributed by atoms with Gasteiger partial charge in [-0.2, -0.15) is 0 Å². The SMILES string of the molecule is [2H]c1c([2H])c(-c2ccccc2)c([2H])c(-c2c3ccccc3c(-c3c([2H])c([2H])c4oc5c(-c6ccccc6)c([2H])c([2H])c([2H])c5c4c3[2H])c3ccccc23)c1[2H]. The van der Waals surface area contributed by atoms with Crippen LogP contribution in [0.25, 0.3) is 88.0 Å². The molecular formula is C44H28O. The molecule has 0 radical (unpaired) electrons. The van der Waals surface area contributed by atoms with E-state index in [4.69, 9.17) is 12.6 Å². The molecule has 0 unspecified atom stereocenters. The Morgan fingerprint density at radius 1 is 0.378 bits per heavy atom. The van der Waals surface area contributed by atoms with Crippen molar-refractivity contribution in [1.82, 2.24) is 0 Å². The van der Waals surface area contributed by atoms with E-state index in [0.29, 0.717) is 43.8 Å². The van der Waals surface area contributed by atoms with Crippen molar-refractivity contribution < 1.29 is 18.1 Å². The van der Waals surface area contributed by atoms with E-state index in [1.165, 1.54) is 0 Å². The Morgan fingerprint density at radius 2 is 0.911 bits per heavy atom. The van der Waals surface area contributed by atoms with Crippen LogP contribution in [-0.2, 0) is 0 Å². The lowest BCUT2D eigenvalue weighted by Crippen LogP contribution is -1.91. The van der Waals surface area contributed by atoms with Gasteiger partial charge < -0.3 is 4.42 Å². The first-order valence-electron chi connectivity index (χ1n) is 19.6. The summed E-state index contributed by atoms with van der Waals surface area (Å²) in [6, 6.07) is 29.9. The molecule has 0 fully saturated rings. The molecule has 0 atom stereocenters. The summed E-state index contributed by atoms with van der Waals surface area (Å²) in [5.74, 6) is 0. The minimum Gasteiger partial charge on any atom is -0.455 e. The van der Waals surface area contributed by atoms with Crippen LogP contribution in [0.15, 0.2) is 174 Å². The van der Waals surface area contributed by atoms with E-state index < -0.39 is 0 Å². The van der Waals surface area contributed by atoms with Crippen molar-refractivity contribution in [1.29, 1.82) is 0 Å². The first-order chi connectivity index (χ1) is 26.5. The van der Waals surface area contributed by atoms with Gasteiger partial charge in [0.05, 0.1) is 13.7 Å². The standard InChI is InChI=1S/C44H28O/c1-3-13-29(14-4-1)31-17-11-18-32(27-31)42-35-19-7-9-21-37(35)43(38-22-10-8-20-36(38)42)33-25-26-41-40(28-33)39-24-12-23-34(44(39)45-41)30-15-5-2-6-16-30/h1-28H/i11D,12D,17D,18D,23D,24D,25D,26D,27D,28D. The van der Waals surface area contributed by atoms with Gasteiger partial charge in [0.1, 0.15) is 11.2 Å². The third-order valence-electron chi connectivity index (χ3n) is 8.24. The zero-order valence-electron chi connectivity index (χ0n) is 33.8. The number of hydrogen-bond donors (Lipinski definition) is 0. The monoisotopic (exact) mass is 582 g/mol. The van der Waals surface area contributed by atoms with Crippen LogP contribution in [0.4, 0.5) is 0 Å². The number of furan rings is 1. The Hall–Kier alpha value is -5.92. The van der Waals surface area contributed by atoms with Crippen molar-refractivity contribution in [2.24, 2.45) is 0 Å². The maximum atomic E-state index is 9.76. The highest BCUT2D eigenvalue weighted by atomic mass is 16.3. The number of para-hydroxylation sites is 1. The van der Waals surface area contributed by atoms with Crippen LogP contribution < -0.4 is 0 Å². The van der Waals surface area contributed by atoms with Gasteiger partial charge in [-0.1, -0.05) is 151 Å². The molecule has 0 bridgehead atoms. The van der Waals surface area contributed by atoms with Gasteiger partial charge in [-0.15, -0.1) is 0 Å². The van der Waals surface area contributed by atoms with Crippen LogP contribution in [0.1, 0.15) is 13.7 Å². The minimum absolute atomic E-state index is 0.0699. The van der Waals surface area contributed by atoms with E-state index in [1.54, 1.807) is 48.5 Å². The minimum atomic E-state index is -0.350. The highest BCUT2D eigenvalue weighted by molar-refractivity contribution is 6.22. The second-order valence-corrected chi connectivity index (χ2v) is 10.8. The predicted octanol–water partition coefficient (Wildman–Crippen LogP) is 12.6. The van der Waals surface area contributed by atoms with Crippen molar-refractivity contribution in [3.8, 4) is 44.5 Å². The Balaban J connectivity index is 1.44. The molecule has 1 heteroatoms. The molecular weight excluding hydrogens is 544 g/mol. The summed E-state index contributed by atoms with van der Waals surface area (Å²) in [6.07, 6.45) is 0. The molecule has 0 saturated heterocycles. The molecule has 1 aromatic heterocycles. The molecule has 210 valence electrons. The number of hydrogen-bond acceptors (Lipinski definition) is 1. The normalized spacial score (nSPS) is 14.7. The fourth-order valence-corrected chi connectivity index (χ4v) is 6.24. The van der Waals surface area contributed by atoms with Gasteiger partial charge in [0.15, 0.2) is 0 Å². The average molecular weight is 583 g/mol. The van der Waals surface area contributed by atoms with Gasteiger partial charge in [-0.05, 0) is 78.6 Å². The summed E-state index contributed by atoms with van der Waals surface area (Å²) in [5, 5.41) is 2.50. The van der Waals surface area contributed by atoms with Gasteiger partial charge in [0, 0.05) is 16.3 Å². The summed E-state index contributed by atoms with van der Waals surface area (Å²) in [4.78, 5) is 0. The highest BCUT2D eigenvalue weighted by Crippen LogP contribution is 2.45. The molecule has 9 rings (SSSR count). The van der Waals surface area contributed by atoms with Crippen LogP contribution >= 0.6 is 0 Å². The van der Waals surface area contributed by atoms with Crippen molar-refractivity contribution in [2.45, 2.75) is 0 Å². The molecule has 0 amide bonds. The molecule has 0 spiro atoms. The fourth-order valence-electron chi connectivity index (χ4n) is 6.24. The quantitative estimate of drug-likeness (QED) is 0.188. The van der Waals surface area contributed by atoms with Crippen molar-refractivity contribution >= 4 is 43.5 Å². The zero-order chi connectivity index (χ0) is 38.4. The molecule has 0 N–H and O–H groups in total. The Labute approximate surface area is 275 Å². The number of rotatable bonds is 4. The highest BCUT2D eigenvalue weighted by Gasteiger charge is 2.19. The molecule has 45 heavy (non-hydrogen) atoms. The van der Waals surface area contributed by atoms with E-state index >= 15 is 0 Å². The maximum absolute atomic E-state index is 9.76. The fraction of sp³-hybridized carbons (Fsp3) is 0. The van der Waals surface area contributed by atoms with E-state index in [9.17, 15) is 5.48 Å². The lowest BCUT2D eigenvalue weighted by atomic mass is 9.85. The lowest BCUT2D eigenvalue weighted by Gasteiger charge is -2.18. The summed E-state index contributed by atoms with van der Waals surface area (Å²) in [7, 11) is 0. The first kappa shape index (κ1) is 17.4. The zero-order valence-corrected chi connectivity index (χ0v) is 23.8. The summed E-state index contributed by atoms with van der Waals surface area (Å²) < 4.78 is 97.5.